The molecular formula is C10H18N2O3S. The van der Waals surface area contributed by atoms with E-state index in [1.54, 1.807) is 14.1 Å². The van der Waals surface area contributed by atoms with Crippen LogP contribution in [0.15, 0.2) is 0 Å². The molecule has 5 nitrogen and oxygen atoms in total. The summed E-state index contributed by atoms with van der Waals surface area (Å²) in [5.41, 5.74) is 0. The first-order valence-corrected chi connectivity index (χ1v) is 7.20. The lowest BCUT2D eigenvalue weighted by molar-refractivity contribution is 0.0719. The van der Waals surface area contributed by atoms with Crippen molar-refractivity contribution in [1.29, 1.82) is 0 Å². The van der Waals surface area contributed by atoms with Crippen LogP contribution >= 0.6 is 0 Å². The van der Waals surface area contributed by atoms with Gasteiger partial charge in [-0.05, 0) is 30.6 Å². The molecule has 0 aromatic carbocycles. The molecular weight excluding hydrogens is 228 g/mol. The number of aliphatic hydroxyl groups is 1. The number of fused-ring (bicyclic) bond motifs is 1. The van der Waals surface area contributed by atoms with Gasteiger partial charge in [-0.1, -0.05) is 0 Å². The molecule has 16 heavy (non-hydrogen) atoms. The van der Waals surface area contributed by atoms with Crippen LogP contribution in [0.1, 0.15) is 12.8 Å². The highest BCUT2D eigenvalue weighted by Gasteiger charge is 2.61. The van der Waals surface area contributed by atoms with Crippen LogP contribution in [0, 0.1) is 17.8 Å². The zero-order chi connectivity index (χ0) is 11.7. The smallest absolute Gasteiger partial charge is 0.281 e. The monoisotopic (exact) mass is 246 g/mol. The second kappa shape index (κ2) is 3.19. The second-order valence-electron chi connectivity index (χ2n) is 5.50. The van der Waals surface area contributed by atoms with E-state index >= 15 is 0 Å². The largest absolute Gasteiger partial charge is 0.391 e. The van der Waals surface area contributed by atoms with Gasteiger partial charge in [-0.25, -0.2) is 0 Å². The maximum Gasteiger partial charge on any atom is 0.281 e. The third kappa shape index (κ3) is 1.19. The molecule has 0 aromatic rings. The molecule has 3 fully saturated rings. The van der Waals surface area contributed by atoms with Gasteiger partial charge >= 0.3 is 0 Å². The molecule has 3 aliphatic rings. The fourth-order valence-electron chi connectivity index (χ4n) is 3.84. The van der Waals surface area contributed by atoms with Crippen LogP contribution in [0.4, 0.5) is 0 Å². The number of hydrogen-bond donors (Lipinski definition) is 1. The highest BCUT2D eigenvalue weighted by atomic mass is 32.2. The van der Waals surface area contributed by atoms with Crippen LogP contribution < -0.4 is 0 Å². The lowest BCUT2D eigenvalue weighted by Crippen LogP contribution is -2.47. The Morgan fingerprint density at radius 2 is 1.94 bits per heavy atom. The van der Waals surface area contributed by atoms with E-state index < -0.39 is 16.3 Å². The first-order chi connectivity index (χ1) is 7.43. The summed E-state index contributed by atoms with van der Waals surface area (Å²) in [7, 11) is -0.263. The van der Waals surface area contributed by atoms with Gasteiger partial charge in [0.1, 0.15) is 0 Å². The Labute approximate surface area is 96.2 Å². The molecule has 2 bridgehead atoms. The topological polar surface area (TPSA) is 60.9 Å². The fourth-order valence-corrected chi connectivity index (χ4v) is 5.22. The van der Waals surface area contributed by atoms with Gasteiger partial charge in [-0.2, -0.15) is 17.0 Å². The minimum absolute atomic E-state index is 0.156. The van der Waals surface area contributed by atoms with E-state index in [0.29, 0.717) is 24.3 Å². The number of nitrogens with zero attached hydrogens (tertiary/aromatic N) is 2. The highest BCUT2D eigenvalue weighted by molar-refractivity contribution is 7.86. The van der Waals surface area contributed by atoms with Crippen molar-refractivity contribution in [2.24, 2.45) is 17.8 Å². The molecule has 3 rings (SSSR count). The van der Waals surface area contributed by atoms with Crippen LogP contribution in [-0.2, 0) is 10.2 Å². The van der Waals surface area contributed by atoms with Crippen molar-refractivity contribution in [3.63, 3.8) is 0 Å². The van der Waals surface area contributed by atoms with E-state index in [2.05, 4.69) is 0 Å². The van der Waals surface area contributed by atoms with E-state index in [4.69, 9.17) is 0 Å². The number of hydrogen-bond acceptors (Lipinski definition) is 3. The third-order valence-corrected chi connectivity index (χ3v) is 6.47. The molecule has 0 amide bonds. The molecule has 1 N–H and O–H groups in total. The van der Waals surface area contributed by atoms with Gasteiger partial charge < -0.3 is 5.11 Å². The van der Waals surface area contributed by atoms with Crippen LogP contribution in [0.5, 0.6) is 0 Å². The summed E-state index contributed by atoms with van der Waals surface area (Å²) in [4.78, 5) is 0. The Hall–Kier alpha value is -0.170. The third-order valence-electron chi connectivity index (χ3n) is 4.56. The Bertz CT molecular complexity index is 406. The van der Waals surface area contributed by atoms with Gasteiger partial charge in [0.25, 0.3) is 10.2 Å². The van der Waals surface area contributed by atoms with Gasteiger partial charge in [0.2, 0.25) is 0 Å². The minimum atomic E-state index is -3.36. The summed E-state index contributed by atoms with van der Waals surface area (Å²) < 4.78 is 27.0. The molecule has 0 spiro atoms. The van der Waals surface area contributed by atoms with Crippen LogP contribution in [0.25, 0.3) is 0 Å². The van der Waals surface area contributed by atoms with Crippen molar-refractivity contribution in [3.05, 3.63) is 0 Å². The molecule has 5 atom stereocenters. The van der Waals surface area contributed by atoms with Crippen LogP contribution in [0.2, 0.25) is 0 Å². The quantitative estimate of drug-likeness (QED) is 0.714. The molecule has 0 radical (unpaired) electrons. The van der Waals surface area contributed by atoms with Crippen molar-refractivity contribution >= 4 is 10.2 Å². The number of aliphatic hydroxyl groups excluding tert-OH is 1. The van der Waals surface area contributed by atoms with E-state index in [9.17, 15) is 13.5 Å². The van der Waals surface area contributed by atoms with Gasteiger partial charge in [-0.15, -0.1) is 0 Å². The number of rotatable bonds is 2. The van der Waals surface area contributed by atoms with Crippen LogP contribution in [-0.4, -0.2) is 54.9 Å². The van der Waals surface area contributed by atoms with Crippen molar-refractivity contribution in [2.75, 3.05) is 20.6 Å². The Morgan fingerprint density at radius 1 is 1.25 bits per heavy atom. The summed E-state index contributed by atoms with van der Waals surface area (Å²) in [5, 5.41) is 10.1. The standard InChI is InChI=1S/C10H18N2O3S/c1-11(2)16(14,15)12-5-7-3-6-4-8(7)9(12)10(6)13/h6-10,13H,3-5H2,1-2H3. The molecule has 1 heterocycles. The lowest BCUT2D eigenvalue weighted by atomic mass is 9.88. The average molecular weight is 246 g/mol. The van der Waals surface area contributed by atoms with Crippen molar-refractivity contribution in [2.45, 2.75) is 25.0 Å². The predicted octanol–water partition coefficient (Wildman–Crippen LogP) is -0.506. The van der Waals surface area contributed by atoms with Crippen molar-refractivity contribution < 1.29 is 13.5 Å². The Balaban J connectivity index is 1.96. The molecule has 1 saturated heterocycles. The van der Waals surface area contributed by atoms with Crippen molar-refractivity contribution in [1.82, 2.24) is 8.61 Å². The van der Waals surface area contributed by atoms with Gasteiger partial charge in [0.15, 0.2) is 0 Å². The van der Waals surface area contributed by atoms with E-state index in [1.165, 1.54) is 8.61 Å². The summed E-state index contributed by atoms with van der Waals surface area (Å²) in [6, 6.07) is -0.156. The first kappa shape index (κ1) is 11.0. The van der Waals surface area contributed by atoms with Gasteiger partial charge in [0, 0.05) is 20.6 Å². The Morgan fingerprint density at radius 3 is 2.50 bits per heavy atom. The molecule has 1 aliphatic heterocycles. The van der Waals surface area contributed by atoms with E-state index in [-0.39, 0.29) is 6.04 Å². The first-order valence-electron chi connectivity index (χ1n) is 5.80. The van der Waals surface area contributed by atoms with Crippen molar-refractivity contribution in [3.8, 4) is 0 Å². The molecule has 2 aliphatic carbocycles. The maximum atomic E-state index is 12.1. The second-order valence-corrected chi connectivity index (χ2v) is 7.59. The Kier molecular flexibility index (Phi) is 2.18. The molecule has 5 unspecified atom stereocenters. The molecule has 2 saturated carbocycles. The molecule has 6 heteroatoms. The normalized spacial score (nSPS) is 47.1. The predicted molar refractivity (Wildman–Crippen MR) is 58.8 cm³/mol. The fraction of sp³-hybridized carbons (Fsp3) is 1.00. The summed E-state index contributed by atoms with van der Waals surface area (Å²) in [6.07, 6.45) is 1.57. The lowest BCUT2D eigenvalue weighted by Gasteiger charge is -2.29. The highest BCUT2D eigenvalue weighted by Crippen LogP contribution is 2.55. The summed E-state index contributed by atoms with van der Waals surface area (Å²) in [5.74, 6) is 1.21. The SMILES string of the molecule is CN(C)S(=O)(=O)N1CC2CC3CC2C1C3O. The van der Waals surface area contributed by atoms with Crippen LogP contribution in [0.3, 0.4) is 0 Å². The molecule has 92 valence electrons. The van der Waals surface area contributed by atoms with Gasteiger partial charge in [-0.3, -0.25) is 0 Å². The zero-order valence-electron chi connectivity index (χ0n) is 9.57. The average Bonchev–Trinajstić information content (AvgIpc) is 2.75. The van der Waals surface area contributed by atoms with Gasteiger partial charge in [0.05, 0.1) is 12.1 Å². The zero-order valence-corrected chi connectivity index (χ0v) is 10.4. The summed E-state index contributed by atoms with van der Waals surface area (Å²) >= 11 is 0. The van der Waals surface area contributed by atoms with E-state index in [0.717, 1.165) is 12.8 Å². The minimum Gasteiger partial charge on any atom is -0.391 e. The van der Waals surface area contributed by atoms with E-state index in [1.807, 2.05) is 0 Å². The maximum absolute atomic E-state index is 12.1. The molecule has 0 aromatic heterocycles. The summed E-state index contributed by atoms with van der Waals surface area (Å²) in [6.45, 7) is 0.601.